The number of nitrogens with one attached hydrogen (secondary N) is 2. The number of rotatable bonds is 5. The lowest BCUT2D eigenvalue weighted by Crippen LogP contribution is -2.49. The van der Waals surface area contributed by atoms with Crippen LogP contribution in [0, 0.1) is 29.9 Å². The average Bonchev–Trinajstić information content (AvgIpc) is 2.42. The topological polar surface area (TPSA) is 41.1 Å². The molecule has 1 unspecified atom stereocenters. The Hall–Kier alpha value is -2.09. The molecule has 114 valence electrons. The van der Waals surface area contributed by atoms with Crippen molar-refractivity contribution in [2.75, 3.05) is 11.9 Å². The molecule has 3 nitrogen and oxygen atoms in total. The second-order valence-corrected chi connectivity index (χ2v) is 5.30. The number of carbonyl (C=O) groups excluding carboxylic acids is 1. The molecule has 0 aromatic heterocycles. The van der Waals surface area contributed by atoms with E-state index in [2.05, 4.69) is 16.6 Å². The minimum Gasteiger partial charge on any atom is -0.385 e. The maximum Gasteiger partial charge on any atom is 0.254 e. The minimum absolute atomic E-state index is 0.0145. The predicted octanol–water partition coefficient (Wildman–Crippen LogP) is 3.17. The molecule has 0 heterocycles. The maximum atomic E-state index is 13.4. The maximum absolute atomic E-state index is 13.4. The van der Waals surface area contributed by atoms with Gasteiger partial charge in [-0.05, 0) is 25.8 Å². The summed E-state index contributed by atoms with van der Waals surface area (Å²) in [7, 11) is 0. The minimum atomic E-state index is -1.08. The number of hydrogen-bond donors (Lipinski definition) is 2. The van der Waals surface area contributed by atoms with Crippen molar-refractivity contribution in [1.82, 2.24) is 5.32 Å². The van der Waals surface area contributed by atoms with Gasteiger partial charge < -0.3 is 10.6 Å². The molecule has 5 heteroatoms. The molecule has 21 heavy (non-hydrogen) atoms. The van der Waals surface area contributed by atoms with Crippen molar-refractivity contribution in [3.8, 4) is 12.3 Å². The number of carbonyl (C=O) groups is 1. The first kappa shape index (κ1) is 17.0. The Morgan fingerprint density at radius 3 is 2.43 bits per heavy atom. The molecule has 0 bridgehead atoms. The Morgan fingerprint density at radius 1 is 1.38 bits per heavy atom. The summed E-state index contributed by atoms with van der Waals surface area (Å²) in [6.07, 6.45) is 5.47. The Kier molecular flexibility index (Phi) is 5.31. The van der Waals surface area contributed by atoms with Gasteiger partial charge >= 0.3 is 0 Å². The van der Waals surface area contributed by atoms with Crippen LogP contribution in [0.4, 0.5) is 14.5 Å². The number of halogens is 2. The van der Waals surface area contributed by atoms with E-state index < -0.39 is 23.1 Å². The highest BCUT2D eigenvalue weighted by atomic mass is 19.2. The zero-order valence-corrected chi connectivity index (χ0v) is 12.7. The van der Waals surface area contributed by atoms with Crippen molar-refractivity contribution >= 4 is 11.6 Å². The van der Waals surface area contributed by atoms with Gasteiger partial charge in [0.2, 0.25) is 0 Å². The van der Waals surface area contributed by atoms with E-state index in [1.165, 1.54) is 0 Å². The van der Waals surface area contributed by atoms with E-state index in [0.29, 0.717) is 6.54 Å². The zero-order chi connectivity index (χ0) is 16.2. The summed E-state index contributed by atoms with van der Waals surface area (Å²) in [6, 6.07) is 1.84. The number of amides is 1. The summed E-state index contributed by atoms with van der Waals surface area (Å²) >= 11 is 0. The standard InChI is InChI=1S/C16H20F2N2O/c1-6-16(5,10(3)4)20-15(21)11-8-12(17)13(18)9-14(11)19-7-2/h1,8-10,19H,7H2,2-5H3,(H,20,21). The quantitative estimate of drug-likeness (QED) is 0.819. The highest BCUT2D eigenvalue weighted by molar-refractivity contribution is 6.00. The van der Waals surface area contributed by atoms with Crippen molar-refractivity contribution in [3.63, 3.8) is 0 Å². The molecule has 0 saturated carbocycles. The average molecular weight is 294 g/mol. The molecule has 0 aliphatic heterocycles. The molecular formula is C16H20F2N2O. The van der Waals surface area contributed by atoms with Gasteiger partial charge in [-0.2, -0.15) is 0 Å². The van der Waals surface area contributed by atoms with E-state index >= 15 is 0 Å². The van der Waals surface area contributed by atoms with Crippen molar-refractivity contribution in [3.05, 3.63) is 29.3 Å². The normalized spacial score (nSPS) is 13.4. The van der Waals surface area contributed by atoms with Crippen LogP contribution in [0.1, 0.15) is 38.1 Å². The van der Waals surface area contributed by atoms with E-state index in [9.17, 15) is 13.6 Å². The summed E-state index contributed by atoms with van der Waals surface area (Å²) in [5.41, 5.74) is -0.610. The van der Waals surface area contributed by atoms with Gasteiger partial charge in [-0.1, -0.05) is 19.8 Å². The molecule has 0 fully saturated rings. The second kappa shape index (κ2) is 6.57. The number of terminal acetylenes is 1. The van der Waals surface area contributed by atoms with Gasteiger partial charge in [0.1, 0.15) is 5.54 Å². The van der Waals surface area contributed by atoms with Crippen molar-refractivity contribution in [2.45, 2.75) is 33.2 Å². The summed E-state index contributed by atoms with van der Waals surface area (Å²) in [6.45, 7) is 7.72. The second-order valence-electron chi connectivity index (χ2n) is 5.30. The van der Waals surface area contributed by atoms with Crippen molar-refractivity contribution in [2.24, 2.45) is 5.92 Å². The number of anilines is 1. The third-order valence-corrected chi connectivity index (χ3v) is 3.50. The highest BCUT2D eigenvalue weighted by Gasteiger charge is 2.29. The number of hydrogen-bond acceptors (Lipinski definition) is 2. The van der Waals surface area contributed by atoms with Gasteiger partial charge in [-0.3, -0.25) is 4.79 Å². The molecule has 1 atom stereocenters. The van der Waals surface area contributed by atoms with Crippen molar-refractivity contribution in [1.29, 1.82) is 0 Å². The largest absolute Gasteiger partial charge is 0.385 e. The lowest BCUT2D eigenvalue weighted by atomic mass is 9.89. The van der Waals surface area contributed by atoms with Crippen LogP contribution in [-0.4, -0.2) is 18.0 Å². The monoisotopic (exact) mass is 294 g/mol. The van der Waals surface area contributed by atoms with E-state index in [4.69, 9.17) is 6.42 Å². The third kappa shape index (κ3) is 3.72. The van der Waals surface area contributed by atoms with Crippen LogP contribution in [-0.2, 0) is 0 Å². The fraction of sp³-hybridized carbons (Fsp3) is 0.438. The van der Waals surface area contributed by atoms with Gasteiger partial charge in [0.25, 0.3) is 5.91 Å². The fourth-order valence-corrected chi connectivity index (χ4v) is 1.72. The van der Waals surface area contributed by atoms with Crippen LogP contribution >= 0.6 is 0 Å². The van der Waals surface area contributed by atoms with Crippen molar-refractivity contribution < 1.29 is 13.6 Å². The molecule has 2 N–H and O–H groups in total. The van der Waals surface area contributed by atoms with E-state index in [0.717, 1.165) is 12.1 Å². The van der Waals surface area contributed by atoms with Gasteiger partial charge in [-0.15, -0.1) is 6.42 Å². The van der Waals surface area contributed by atoms with Gasteiger partial charge in [-0.25, -0.2) is 8.78 Å². The number of benzene rings is 1. The Labute approximate surface area is 124 Å². The molecule has 1 amide bonds. The van der Waals surface area contributed by atoms with E-state index in [1.54, 1.807) is 13.8 Å². The van der Waals surface area contributed by atoms with Gasteiger partial charge in [0.15, 0.2) is 11.6 Å². The van der Waals surface area contributed by atoms with Crippen LogP contribution in [0.2, 0.25) is 0 Å². The van der Waals surface area contributed by atoms with Gasteiger partial charge in [0.05, 0.1) is 11.3 Å². The third-order valence-electron chi connectivity index (χ3n) is 3.50. The SMILES string of the molecule is C#CC(C)(NC(=O)c1cc(F)c(F)cc1NCC)C(C)C. The zero-order valence-electron chi connectivity index (χ0n) is 12.7. The first-order valence-electron chi connectivity index (χ1n) is 6.78. The molecule has 0 radical (unpaired) electrons. The summed E-state index contributed by atoms with van der Waals surface area (Å²) < 4.78 is 26.7. The van der Waals surface area contributed by atoms with E-state index in [-0.39, 0.29) is 17.2 Å². The molecule has 0 aliphatic carbocycles. The van der Waals surface area contributed by atoms with Crippen LogP contribution in [0.5, 0.6) is 0 Å². The molecule has 0 spiro atoms. The van der Waals surface area contributed by atoms with E-state index in [1.807, 2.05) is 13.8 Å². The first-order valence-corrected chi connectivity index (χ1v) is 6.78. The summed E-state index contributed by atoms with van der Waals surface area (Å²) in [5, 5.41) is 5.54. The van der Waals surface area contributed by atoms with Crippen LogP contribution < -0.4 is 10.6 Å². The lowest BCUT2D eigenvalue weighted by Gasteiger charge is -2.29. The van der Waals surface area contributed by atoms with Crippen LogP contribution in [0.3, 0.4) is 0 Å². The van der Waals surface area contributed by atoms with Crippen LogP contribution in [0.15, 0.2) is 12.1 Å². The first-order chi connectivity index (χ1) is 9.75. The smallest absolute Gasteiger partial charge is 0.254 e. The van der Waals surface area contributed by atoms with Crippen LogP contribution in [0.25, 0.3) is 0 Å². The Balaban J connectivity index is 3.18. The molecule has 1 aromatic carbocycles. The fourth-order valence-electron chi connectivity index (χ4n) is 1.72. The predicted molar refractivity (Wildman–Crippen MR) is 80.1 cm³/mol. The molecular weight excluding hydrogens is 274 g/mol. The molecule has 0 saturated heterocycles. The summed E-state index contributed by atoms with van der Waals surface area (Å²) in [4.78, 5) is 12.3. The molecule has 1 rings (SSSR count). The molecule has 0 aliphatic rings. The lowest BCUT2D eigenvalue weighted by molar-refractivity contribution is 0.0909. The Morgan fingerprint density at radius 2 is 1.95 bits per heavy atom. The highest BCUT2D eigenvalue weighted by Crippen LogP contribution is 2.22. The van der Waals surface area contributed by atoms with Gasteiger partial charge in [0, 0.05) is 12.6 Å². The summed E-state index contributed by atoms with van der Waals surface area (Å²) in [5.74, 6) is -0.105. The molecule has 1 aromatic rings. The Bertz CT molecular complexity index is 578.